The Balaban J connectivity index is 0.000000194. The number of fused-ring (bicyclic) bond motifs is 4. The highest BCUT2D eigenvalue weighted by atomic mass is 16.5. The van der Waals surface area contributed by atoms with Gasteiger partial charge in [0, 0.05) is 26.9 Å². The summed E-state index contributed by atoms with van der Waals surface area (Å²) in [5, 5.41) is 35.3. The summed E-state index contributed by atoms with van der Waals surface area (Å²) in [4.78, 5) is 140. The van der Waals surface area contributed by atoms with Gasteiger partial charge in [-0.15, -0.1) is 0 Å². The van der Waals surface area contributed by atoms with Crippen LogP contribution in [0.25, 0.3) is 33.8 Å². The van der Waals surface area contributed by atoms with Crippen molar-refractivity contribution in [2.75, 3.05) is 0 Å². The molecule has 0 spiro atoms. The summed E-state index contributed by atoms with van der Waals surface area (Å²) in [6.07, 6.45) is 0. The van der Waals surface area contributed by atoms with Gasteiger partial charge in [0.15, 0.2) is 22.9 Å². The number of rotatable bonds is 16. The zero-order valence-corrected chi connectivity index (χ0v) is 41.1. The van der Waals surface area contributed by atoms with Gasteiger partial charge in [0.25, 0.3) is 35.2 Å². The fourth-order valence-corrected chi connectivity index (χ4v) is 7.90. The summed E-state index contributed by atoms with van der Waals surface area (Å²) >= 11 is 0. The third kappa shape index (κ3) is 11.3. The second-order valence-corrected chi connectivity index (χ2v) is 17.1. The van der Waals surface area contributed by atoms with Crippen LogP contribution < -0.4 is 44.2 Å². The number of nitrogens with zero attached hydrogens (tertiary/aromatic N) is 8. The molecule has 404 valence electrons. The Morgan fingerprint density at radius 2 is 0.925 bits per heavy atom. The molecule has 10 rings (SSSR count). The van der Waals surface area contributed by atoms with Crippen molar-refractivity contribution >= 4 is 81.1 Å². The van der Waals surface area contributed by atoms with Gasteiger partial charge in [0.2, 0.25) is 11.8 Å². The number of benzene rings is 4. The Morgan fingerprint density at radius 3 is 1.35 bits per heavy atom. The third-order valence-electron chi connectivity index (χ3n) is 11.7. The number of carboxylic acid groups (broad SMARTS) is 2. The number of amides is 6. The predicted molar refractivity (Wildman–Crippen MR) is 268 cm³/mol. The topological polar surface area (TPSA) is 450 Å². The van der Waals surface area contributed by atoms with E-state index in [1.165, 1.54) is 48.5 Å². The fourth-order valence-electron chi connectivity index (χ4n) is 7.90. The predicted octanol–water partition coefficient (Wildman–Crippen LogP) is 1.43. The van der Waals surface area contributed by atoms with E-state index in [-0.39, 0.29) is 64.0 Å². The number of hydrogen-bond acceptors (Lipinski definition) is 20. The van der Waals surface area contributed by atoms with Crippen molar-refractivity contribution in [2.45, 2.75) is 39.0 Å². The smallest absolute Gasteiger partial charge is 0.448 e. The van der Waals surface area contributed by atoms with Crippen LogP contribution in [-0.4, -0.2) is 96.6 Å². The van der Waals surface area contributed by atoms with Gasteiger partial charge in [-0.1, -0.05) is 36.4 Å². The van der Waals surface area contributed by atoms with E-state index in [0.717, 1.165) is 20.9 Å². The van der Waals surface area contributed by atoms with Crippen LogP contribution in [0.2, 0.25) is 0 Å². The number of aromatic carboxylic acids is 2. The van der Waals surface area contributed by atoms with E-state index in [1.54, 1.807) is 50.2 Å². The summed E-state index contributed by atoms with van der Waals surface area (Å²) in [5.74, 6) is -9.43. The van der Waals surface area contributed by atoms with Gasteiger partial charge in [-0.3, -0.25) is 37.8 Å². The van der Waals surface area contributed by atoms with Crippen LogP contribution >= 0.6 is 0 Å². The Morgan fingerprint density at radius 1 is 0.525 bits per heavy atom. The molecule has 0 radical (unpaired) electrons. The van der Waals surface area contributed by atoms with Crippen LogP contribution in [-0.2, 0) is 22.7 Å². The second kappa shape index (κ2) is 21.9. The molecule has 0 aliphatic rings. The molecular formula is C50H38N14O16. The Labute approximate surface area is 443 Å². The van der Waals surface area contributed by atoms with Gasteiger partial charge in [-0.25, -0.2) is 47.9 Å². The minimum atomic E-state index is -1.40. The van der Waals surface area contributed by atoms with E-state index in [1.807, 2.05) is 0 Å². The maximum Gasteiger partial charge on any atom is 0.448 e. The van der Waals surface area contributed by atoms with Crippen LogP contribution in [0.3, 0.4) is 0 Å². The normalized spacial score (nSPS) is 11.8. The quantitative estimate of drug-likeness (QED) is 0.0678. The van der Waals surface area contributed by atoms with Crippen LogP contribution in [0.1, 0.15) is 109 Å². The lowest BCUT2D eigenvalue weighted by molar-refractivity contribution is -0.120. The van der Waals surface area contributed by atoms with Crippen molar-refractivity contribution in [2.24, 2.45) is 11.5 Å². The molecule has 30 nitrogen and oxygen atoms in total. The number of nitrogens with two attached hydrogens (primary N) is 2. The molecule has 4 aromatic carbocycles. The number of nitrogens with one attached hydrogen (secondary N) is 4. The number of carbonyl (C=O) groups is 8. The first kappa shape index (κ1) is 53.1. The van der Waals surface area contributed by atoms with Crippen LogP contribution in [0.5, 0.6) is 0 Å². The molecule has 0 saturated carbocycles. The minimum absolute atomic E-state index is 0.0337. The van der Waals surface area contributed by atoms with Crippen LogP contribution in [0, 0.1) is 13.8 Å². The number of hydrogen-bond donors (Lipinski definition) is 8. The van der Waals surface area contributed by atoms with Crippen molar-refractivity contribution in [1.82, 2.24) is 60.3 Å². The first-order valence-corrected chi connectivity index (χ1v) is 23.2. The molecule has 10 N–H and O–H groups in total. The van der Waals surface area contributed by atoms with E-state index < -0.39 is 76.7 Å². The monoisotopic (exact) mass is 1090 g/mol. The zero-order valence-electron chi connectivity index (χ0n) is 41.1. The highest BCUT2D eigenvalue weighted by Crippen LogP contribution is 2.21. The first-order chi connectivity index (χ1) is 38.2. The molecule has 0 bridgehead atoms. The Bertz CT molecular complexity index is 4290. The number of aromatic nitrogens is 8. The molecule has 2 atom stereocenters. The highest BCUT2D eigenvalue weighted by molar-refractivity contribution is 6.01. The van der Waals surface area contributed by atoms with Crippen molar-refractivity contribution in [3.8, 4) is 0 Å². The molecule has 0 saturated heterocycles. The molecule has 0 fully saturated rings. The maximum absolute atomic E-state index is 13.2. The lowest BCUT2D eigenvalue weighted by Crippen LogP contribution is -2.39. The standard InChI is InChI=1S/2C25H19N7O8/c1-11-28-15-8-12(2-7-18(15)39-11)10-27-22(35)17-9-16(29-24-31-40-25(38)32(17)24)21(34)30-19(20(26)33)13-3-5-14(6-4-13)23(36)37;1-11-28-15-8-12(2-7-18(15)39-11)10-27-21(34)16-9-17(32-24(29-16)31-40-25(32)38)22(35)30-19(20(26)33)13-3-5-14(6-4-13)23(36)37/h2-9,19H,10H2,1H3,(H2,26,33)(H,27,35)(H,30,34)(H,36,37);2-9,19H,10H2,1H3,(H2,26,33)(H,27,34)(H,30,35)(H,36,37)/t2*19-/m11/s1. The lowest BCUT2D eigenvalue weighted by Gasteiger charge is -2.16. The molecule has 30 heteroatoms. The van der Waals surface area contributed by atoms with Gasteiger partial charge in [0.05, 0.1) is 11.1 Å². The van der Waals surface area contributed by atoms with Gasteiger partial charge in [0.1, 0.15) is 45.9 Å². The molecule has 6 amide bonds. The number of primary amides is 2. The molecule has 0 aliphatic carbocycles. The SMILES string of the molecule is Cc1nc2cc(CNC(=O)c3cc(C(=O)N[C@@H](C(N)=O)c4ccc(C(=O)O)cc4)n4c(=O)onc4n3)ccc2o1.Cc1nc2cc(CNC(=O)c3cc(C(=O)N[C@@H](C(N)=O)c4ccc(C(=O)O)cc4)nc4noc(=O)n34)ccc2o1. The highest BCUT2D eigenvalue weighted by Gasteiger charge is 2.28. The zero-order chi connectivity index (χ0) is 57.1. The average molecular weight is 1090 g/mol. The average Bonchev–Trinajstić information content (AvgIpc) is 4.27. The van der Waals surface area contributed by atoms with Gasteiger partial charge >= 0.3 is 23.5 Å². The van der Waals surface area contributed by atoms with Gasteiger partial charge in [-0.05, 0) is 93.2 Å². The summed E-state index contributed by atoms with van der Waals surface area (Å²) in [5.41, 5.74) is 13.7. The molecule has 6 heterocycles. The van der Waals surface area contributed by atoms with Gasteiger partial charge in [-0.2, -0.15) is 0 Å². The number of oxazole rings is 2. The largest absolute Gasteiger partial charge is 0.478 e. The van der Waals surface area contributed by atoms with Crippen molar-refractivity contribution in [3.63, 3.8) is 0 Å². The summed E-state index contributed by atoms with van der Waals surface area (Å²) < 4.78 is 21.6. The fraction of sp³-hybridized carbons (Fsp3) is 0.120. The van der Waals surface area contributed by atoms with Crippen molar-refractivity contribution in [3.05, 3.63) is 186 Å². The number of carboxylic acids is 2. The van der Waals surface area contributed by atoms with Gasteiger partial charge < -0.3 is 51.8 Å². The number of aryl methyl sites for hydroxylation is 2. The van der Waals surface area contributed by atoms with Crippen LogP contribution in [0.15, 0.2) is 125 Å². The molecular weight excluding hydrogens is 1050 g/mol. The lowest BCUT2D eigenvalue weighted by atomic mass is 10.0. The van der Waals surface area contributed by atoms with Crippen molar-refractivity contribution in [1.29, 1.82) is 0 Å². The van der Waals surface area contributed by atoms with E-state index >= 15 is 0 Å². The van der Waals surface area contributed by atoms with E-state index in [9.17, 15) is 47.9 Å². The Kier molecular flexibility index (Phi) is 14.5. The third-order valence-corrected chi connectivity index (χ3v) is 11.7. The molecule has 6 aromatic heterocycles. The van der Waals surface area contributed by atoms with E-state index in [0.29, 0.717) is 45.1 Å². The second-order valence-electron chi connectivity index (χ2n) is 17.1. The molecule has 10 aromatic rings. The van der Waals surface area contributed by atoms with E-state index in [2.05, 4.69) is 60.6 Å². The summed E-state index contributed by atoms with van der Waals surface area (Å²) in [7, 11) is 0. The summed E-state index contributed by atoms with van der Waals surface area (Å²) in [6, 6.07) is 19.9. The van der Waals surface area contributed by atoms with Crippen LogP contribution in [0.4, 0.5) is 0 Å². The minimum Gasteiger partial charge on any atom is -0.478 e. The van der Waals surface area contributed by atoms with E-state index in [4.69, 9.17) is 30.5 Å². The molecule has 0 aliphatic heterocycles. The maximum atomic E-state index is 13.2. The Hall–Kier alpha value is -11.7. The molecule has 80 heavy (non-hydrogen) atoms. The van der Waals surface area contributed by atoms with Crippen molar-refractivity contribution < 1.29 is 66.4 Å². The first-order valence-electron chi connectivity index (χ1n) is 23.2. The summed E-state index contributed by atoms with van der Waals surface area (Å²) in [6.45, 7) is 3.55. The number of carbonyl (C=O) groups excluding carboxylic acids is 6. The molecule has 0 unspecified atom stereocenters.